The van der Waals surface area contributed by atoms with E-state index in [9.17, 15) is 9.59 Å². The minimum absolute atomic E-state index is 0.0843. The van der Waals surface area contributed by atoms with Gasteiger partial charge in [-0.15, -0.1) is 0 Å². The lowest BCUT2D eigenvalue weighted by molar-refractivity contribution is -0.129. The summed E-state index contributed by atoms with van der Waals surface area (Å²) in [7, 11) is 0. The van der Waals surface area contributed by atoms with Crippen LogP contribution in [0.5, 0.6) is 0 Å². The maximum Gasteiger partial charge on any atom is 0.407 e. The average molecular weight is 242 g/mol. The Kier molecular flexibility index (Phi) is 4.01. The zero-order valence-corrected chi connectivity index (χ0v) is 11.2. The summed E-state index contributed by atoms with van der Waals surface area (Å²) in [6, 6.07) is 0.0349. The highest BCUT2D eigenvalue weighted by Gasteiger charge is 2.32. The molecule has 1 fully saturated rings. The maximum atomic E-state index is 11.6. The fourth-order valence-corrected chi connectivity index (χ4v) is 1.80. The van der Waals surface area contributed by atoms with Crippen molar-refractivity contribution in [3.63, 3.8) is 0 Å². The van der Waals surface area contributed by atoms with Crippen molar-refractivity contribution < 1.29 is 14.3 Å². The molecular weight excluding hydrogens is 220 g/mol. The first kappa shape index (κ1) is 13.8. The Hall–Kier alpha value is -1.26. The van der Waals surface area contributed by atoms with Crippen molar-refractivity contribution in [1.82, 2.24) is 10.2 Å². The standard InChI is InChI=1S/C12H22N2O3/c1-8(2)14-7-9(6-10(14)15)13-11(16)17-12(3,4)5/h8-9H,6-7H2,1-5H3,(H,13,16)/t9-/m0/s1. The molecule has 0 aromatic heterocycles. The molecule has 17 heavy (non-hydrogen) atoms. The van der Waals surface area contributed by atoms with Crippen molar-refractivity contribution >= 4 is 12.0 Å². The topological polar surface area (TPSA) is 58.6 Å². The van der Waals surface area contributed by atoms with E-state index in [1.807, 2.05) is 34.6 Å². The van der Waals surface area contributed by atoms with E-state index in [0.717, 1.165) is 0 Å². The molecule has 0 bridgehead atoms. The quantitative estimate of drug-likeness (QED) is 0.798. The summed E-state index contributed by atoms with van der Waals surface area (Å²) >= 11 is 0. The van der Waals surface area contributed by atoms with Gasteiger partial charge >= 0.3 is 6.09 Å². The molecule has 1 heterocycles. The number of alkyl carbamates (subject to hydrolysis) is 1. The van der Waals surface area contributed by atoms with Gasteiger partial charge in [-0.3, -0.25) is 4.79 Å². The smallest absolute Gasteiger partial charge is 0.407 e. The van der Waals surface area contributed by atoms with Crippen molar-refractivity contribution in [3.05, 3.63) is 0 Å². The average Bonchev–Trinajstić information content (AvgIpc) is 2.42. The van der Waals surface area contributed by atoms with Gasteiger partial charge in [0.15, 0.2) is 0 Å². The molecule has 0 radical (unpaired) electrons. The Labute approximate surface area is 102 Å². The molecule has 0 aromatic carbocycles. The van der Waals surface area contributed by atoms with Crippen LogP contribution in [0.2, 0.25) is 0 Å². The normalized spacial score (nSPS) is 20.9. The van der Waals surface area contributed by atoms with Gasteiger partial charge in [0.25, 0.3) is 0 Å². The van der Waals surface area contributed by atoms with Gasteiger partial charge in [0.2, 0.25) is 5.91 Å². The predicted molar refractivity (Wildman–Crippen MR) is 64.6 cm³/mol. The number of ether oxygens (including phenoxy) is 1. The van der Waals surface area contributed by atoms with E-state index >= 15 is 0 Å². The summed E-state index contributed by atoms with van der Waals surface area (Å²) in [5.41, 5.74) is -0.509. The van der Waals surface area contributed by atoms with E-state index in [0.29, 0.717) is 13.0 Å². The Morgan fingerprint density at radius 1 is 1.47 bits per heavy atom. The molecule has 2 amide bonds. The van der Waals surface area contributed by atoms with Crippen molar-refractivity contribution in [2.75, 3.05) is 6.54 Å². The van der Waals surface area contributed by atoms with Crippen molar-refractivity contribution in [1.29, 1.82) is 0 Å². The molecule has 1 rings (SSSR count). The maximum absolute atomic E-state index is 11.6. The van der Waals surface area contributed by atoms with Gasteiger partial charge in [0, 0.05) is 19.0 Å². The lowest BCUT2D eigenvalue weighted by Gasteiger charge is -2.23. The van der Waals surface area contributed by atoms with Crippen LogP contribution in [0.3, 0.4) is 0 Å². The minimum Gasteiger partial charge on any atom is -0.444 e. The van der Waals surface area contributed by atoms with Crippen LogP contribution in [-0.4, -0.2) is 41.1 Å². The molecule has 5 nitrogen and oxygen atoms in total. The van der Waals surface area contributed by atoms with Crippen LogP contribution in [0.25, 0.3) is 0 Å². The van der Waals surface area contributed by atoms with Crippen LogP contribution < -0.4 is 5.32 Å². The van der Waals surface area contributed by atoms with Gasteiger partial charge < -0.3 is 15.0 Å². The summed E-state index contributed by atoms with van der Waals surface area (Å²) in [5, 5.41) is 2.73. The first-order valence-electron chi connectivity index (χ1n) is 5.98. The number of hydrogen-bond donors (Lipinski definition) is 1. The largest absolute Gasteiger partial charge is 0.444 e. The van der Waals surface area contributed by atoms with Crippen LogP contribution >= 0.6 is 0 Å². The van der Waals surface area contributed by atoms with Gasteiger partial charge in [-0.05, 0) is 34.6 Å². The van der Waals surface area contributed by atoms with Gasteiger partial charge in [-0.1, -0.05) is 0 Å². The lowest BCUT2D eigenvalue weighted by atomic mass is 10.2. The number of likely N-dealkylation sites (tertiary alicyclic amines) is 1. The molecule has 1 aliphatic heterocycles. The van der Waals surface area contributed by atoms with Crippen LogP contribution in [0.1, 0.15) is 41.0 Å². The summed E-state index contributed by atoms with van der Waals surface area (Å²) in [6.45, 7) is 9.93. The fourth-order valence-electron chi connectivity index (χ4n) is 1.80. The van der Waals surface area contributed by atoms with Crippen molar-refractivity contribution in [2.45, 2.75) is 58.7 Å². The molecule has 5 heteroatoms. The lowest BCUT2D eigenvalue weighted by Crippen LogP contribution is -2.41. The van der Waals surface area contributed by atoms with Gasteiger partial charge in [-0.2, -0.15) is 0 Å². The Morgan fingerprint density at radius 2 is 2.06 bits per heavy atom. The van der Waals surface area contributed by atoms with Gasteiger partial charge in [0.1, 0.15) is 5.60 Å². The summed E-state index contributed by atoms with van der Waals surface area (Å²) in [4.78, 5) is 24.9. The van der Waals surface area contributed by atoms with Crippen LogP contribution in [-0.2, 0) is 9.53 Å². The minimum atomic E-state index is -0.509. The van der Waals surface area contributed by atoms with E-state index in [1.54, 1.807) is 4.90 Å². The van der Waals surface area contributed by atoms with E-state index in [4.69, 9.17) is 4.74 Å². The highest BCUT2D eigenvalue weighted by molar-refractivity contribution is 5.80. The number of carbonyl (C=O) groups is 2. The van der Waals surface area contributed by atoms with Crippen molar-refractivity contribution in [3.8, 4) is 0 Å². The first-order chi connectivity index (χ1) is 7.69. The molecule has 98 valence electrons. The predicted octanol–water partition coefficient (Wildman–Crippen LogP) is 1.52. The molecule has 0 spiro atoms. The number of hydrogen-bond acceptors (Lipinski definition) is 3. The summed E-state index contributed by atoms with van der Waals surface area (Å²) in [5.74, 6) is 0.0843. The molecule has 1 N–H and O–H groups in total. The monoisotopic (exact) mass is 242 g/mol. The number of amides is 2. The van der Waals surface area contributed by atoms with Crippen LogP contribution in [0.4, 0.5) is 4.79 Å². The van der Waals surface area contributed by atoms with E-state index in [-0.39, 0.29) is 18.0 Å². The number of nitrogens with one attached hydrogen (secondary N) is 1. The fraction of sp³-hybridized carbons (Fsp3) is 0.833. The second-order valence-electron chi connectivity index (χ2n) is 5.69. The third-order valence-corrected chi connectivity index (χ3v) is 2.50. The zero-order valence-electron chi connectivity index (χ0n) is 11.2. The van der Waals surface area contributed by atoms with Crippen LogP contribution in [0.15, 0.2) is 0 Å². The molecule has 0 aromatic rings. The third kappa shape index (κ3) is 4.24. The highest BCUT2D eigenvalue weighted by Crippen LogP contribution is 2.15. The van der Waals surface area contributed by atoms with Gasteiger partial charge in [-0.25, -0.2) is 4.79 Å². The summed E-state index contributed by atoms with van der Waals surface area (Å²) < 4.78 is 5.15. The first-order valence-corrected chi connectivity index (χ1v) is 5.98. The second kappa shape index (κ2) is 4.94. The van der Waals surface area contributed by atoms with Crippen LogP contribution in [0, 0.1) is 0 Å². The molecule has 0 aliphatic carbocycles. The zero-order chi connectivity index (χ0) is 13.2. The molecular formula is C12H22N2O3. The Balaban J connectivity index is 2.45. The Morgan fingerprint density at radius 3 is 2.47 bits per heavy atom. The number of rotatable bonds is 2. The van der Waals surface area contributed by atoms with E-state index < -0.39 is 11.7 Å². The molecule has 1 saturated heterocycles. The molecule has 1 aliphatic rings. The Bertz CT molecular complexity index is 307. The van der Waals surface area contributed by atoms with E-state index in [2.05, 4.69) is 5.32 Å². The second-order valence-corrected chi connectivity index (χ2v) is 5.69. The van der Waals surface area contributed by atoms with Gasteiger partial charge in [0.05, 0.1) is 6.04 Å². The molecule has 1 atom stereocenters. The highest BCUT2D eigenvalue weighted by atomic mass is 16.6. The summed E-state index contributed by atoms with van der Waals surface area (Å²) in [6.07, 6.45) is -0.0989. The number of carbonyl (C=O) groups excluding carboxylic acids is 2. The molecule has 0 saturated carbocycles. The van der Waals surface area contributed by atoms with Crippen molar-refractivity contribution in [2.24, 2.45) is 0 Å². The third-order valence-electron chi connectivity index (χ3n) is 2.50. The SMILES string of the molecule is CC(C)N1C[C@@H](NC(=O)OC(C)(C)C)CC1=O. The van der Waals surface area contributed by atoms with E-state index in [1.165, 1.54) is 0 Å². The number of nitrogens with zero attached hydrogens (tertiary/aromatic N) is 1. The molecule has 0 unspecified atom stereocenters.